The number of carbonyl (C=O) groups is 1. The predicted octanol–water partition coefficient (Wildman–Crippen LogP) is 2.44. The van der Waals surface area contributed by atoms with Crippen molar-refractivity contribution in [3.05, 3.63) is 40.4 Å². The molecule has 2 aliphatic rings. The first-order chi connectivity index (χ1) is 8.22. The van der Waals surface area contributed by atoms with E-state index in [0.29, 0.717) is 18.1 Å². The van der Waals surface area contributed by atoms with Gasteiger partial charge in [0, 0.05) is 17.0 Å². The second-order valence-corrected chi connectivity index (χ2v) is 4.65. The van der Waals surface area contributed by atoms with Crippen LogP contribution in [0.5, 0.6) is 0 Å². The highest BCUT2D eigenvalue weighted by Crippen LogP contribution is 2.29. The molecule has 2 atom stereocenters. The topological polar surface area (TPSA) is 35.5 Å². The third kappa shape index (κ3) is 2.14. The van der Waals surface area contributed by atoms with Crippen molar-refractivity contribution in [1.29, 1.82) is 0 Å². The number of Topliss-reactive ketones (excluding diaryl/α,β-unsaturated/α-hetero) is 1. The SMILES string of the molecule is O=C1/C(=C/c2ccc(Cl)cc2)C[C@H]2CO[C@@H]1O2. The molecule has 17 heavy (non-hydrogen) atoms. The Bertz CT molecular complexity index is 478. The molecule has 0 aliphatic carbocycles. The molecule has 0 radical (unpaired) electrons. The maximum absolute atomic E-state index is 11.9. The molecule has 4 heteroatoms. The van der Waals surface area contributed by atoms with Crippen LogP contribution in [-0.4, -0.2) is 24.8 Å². The lowest BCUT2D eigenvalue weighted by Crippen LogP contribution is -2.30. The van der Waals surface area contributed by atoms with Gasteiger partial charge in [-0.05, 0) is 23.8 Å². The van der Waals surface area contributed by atoms with Gasteiger partial charge in [-0.25, -0.2) is 0 Å². The summed E-state index contributed by atoms with van der Waals surface area (Å²) in [6.45, 7) is 0.508. The highest BCUT2D eigenvalue weighted by atomic mass is 35.5. The van der Waals surface area contributed by atoms with Crippen LogP contribution in [-0.2, 0) is 14.3 Å². The molecule has 2 saturated heterocycles. The molecule has 3 rings (SSSR count). The lowest BCUT2D eigenvalue weighted by Gasteiger charge is -2.19. The minimum atomic E-state index is -0.688. The number of halogens is 1. The zero-order valence-electron chi connectivity index (χ0n) is 9.06. The normalized spacial score (nSPS) is 29.9. The molecular weight excluding hydrogens is 240 g/mol. The zero-order valence-corrected chi connectivity index (χ0v) is 9.81. The van der Waals surface area contributed by atoms with Crippen molar-refractivity contribution in [3.63, 3.8) is 0 Å². The number of hydrogen-bond acceptors (Lipinski definition) is 3. The molecule has 2 heterocycles. The summed E-state index contributed by atoms with van der Waals surface area (Å²) in [6.07, 6.45) is 1.84. The maximum Gasteiger partial charge on any atom is 0.222 e. The van der Waals surface area contributed by atoms with E-state index in [1.54, 1.807) is 0 Å². The van der Waals surface area contributed by atoms with Crippen molar-refractivity contribution in [2.45, 2.75) is 18.8 Å². The van der Waals surface area contributed by atoms with Gasteiger partial charge in [0.1, 0.15) is 0 Å². The van der Waals surface area contributed by atoms with Crippen LogP contribution in [0.2, 0.25) is 5.02 Å². The fraction of sp³-hybridized carbons (Fsp3) is 0.308. The van der Waals surface area contributed by atoms with Gasteiger partial charge in [-0.2, -0.15) is 0 Å². The van der Waals surface area contributed by atoms with Crippen LogP contribution in [0.15, 0.2) is 29.8 Å². The van der Waals surface area contributed by atoms with Crippen LogP contribution in [0.4, 0.5) is 0 Å². The van der Waals surface area contributed by atoms with Gasteiger partial charge in [0.2, 0.25) is 12.1 Å². The Labute approximate surface area is 104 Å². The van der Waals surface area contributed by atoms with Crippen molar-refractivity contribution < 1.29 is 14.3 Å². The third-order valence-corrected chi connectivity index (χ3v) is 3.19. The molecule has 0 spiro atoms. The third-order valence-electron chi connectivity index (χ3n) is 2.94. The number of hydrogen-bond donors (Lipinski definition) is 0. The van der Waals surface area contributed by atoms with Gasteiger partial charge in [0.05, 0.1) is 12.7 Å². The molecule has 1 aromatic carbocycles. The average Bonchev–Trinajstić information content (AvgIpc) is 2.73. The Balaban J connectivity index is 1.88. The van der Waals surface area contributed by atoms with E-state index in [2.05, 4.69) is 0 Å². The summed E-state index contributed by atoms with van der Waals surface area (Å²) in [5.74, 6) is -0.0614. The molecule has 0 N–H and O–H groups in total. The molecule has 2 fully saturated rings. The van der Waals surface area contributed by atoms with Crippen LogP contribution < -0.4 is 0 Å². The molecule has 0 saturated carbocycles. The highest BCUT2D eigenvalue weighted by molar-refractivity contribution is 6.30. The van der Waals surface area contributed by atoms with Crippen LogP contribution >= 0.6 is 11.6 Å². The number of benzene rings is 1. The molecule has 0 amide bonds. The van der Waals surface area contributed by atoms with E-state index in [1.807, 2.05) is 30.3 Å². The van der Waals surface area contributed by atoms with Gasteiger partial charge < -0.3 is 9.47 Å². The molecular formula is C13H11ClO3. The lowest BCUT2D eigenvalue weighted by molar-refractivity contribution is -0.146. The monoisotopic (exact) mass is 250 g/mol. The van der Waals surface area contributed by atoms with E-state index in [4.69, 9.17) is 21.1 Å². The molecule has 0 unspecified atom stereocenters. The van der Waals surface area contributed by atoms with E-state index in [-0.39, 0.29) is 11.9 Å². The van der Waals surface area contributed by atoms with Gasteiger partial charge in [-0.1, -0.05) is 23.7 Å². The maximum atomic E-state index is 11.9. The number of ketones is 1. The van der Waals surface area contributed by atoms with Gasteiger partial charge in [-0.15, -0.1) is 0 Å². The Hall–Kier alpha value is -1.16. The Morgan fingerprint density at radius 3 is 2.82 bits per heavy atom. The summed E-state index contributed by atoms with van der Waals surface area (Å²) in [5.41, 5.74) is 1.74. The Kier molecular flexibility index (Phi) is 2.74. The fourth-order valence-corrected chi connectivity index (χ4v) is 2.21. The Morgan fingerprint density at radius 2 is 2.06 bits per heavy atom. The molecule has 2 bridgehead atoms. The fourth-order valence-electron chi connectivity index (χ4n) is 2.08. The van der Waals surface area contributed by atoms with Crippen LogP contribution in [0.3, 0.4) is 0 Å². The first kappa shape index (κ1) is 11.0. The van der Waals surface area contributed by atoms with Gasteiger partial charge in [0.15, 0.2) is 0 Å². The molecule has 1 aromatic rings. The molecule has 0 aromatic heterocycles. The first-order valence-corrected chi connectivity index (χ1v) is 5.87. The second-order valence-electron chi connectivity index (χ2n) is 4.21. The van der Waals surface area contributed by atoms with Crippen LogP contribution in [0, 0.1) is 0 Å². The van der Waals surface area contributed by atoms with Gasteiger partial charge in [-0.3, -0.25) is 4.79 Å². The summed E-state index contributed by atoms with van der Waals surface area (Å²) >= 11 is 5.81. The minimum Gasteiger partial charge on any atom is -0.343 e. The zero-order chi connectivity index (χ0) is 11.8. The van der Waals surface area contributed by atoms with Crippen LogP contribution in [0.25, 0.3) is 6.08 Å². The summed E-state index contributed by atoms with van der Waals surface area (Å²) in [6, 6.07) is 7.40. The largest absolute Gasteiger partial charge is 0.343 e. The highest BCUT2D eigenvalue weighted by Gasteiger charge is 2.39. The summed E-state index contributed by atoms with van der Waals surface area (Å²) in [7, 11) is 0. The number of carbonyl (C=O) groups excluding carboxylic acids is 1. The number of rotatable bonds is 1. The summed E-state index contributed by atoms with van der Waals surface area (Å²) < 4.78 is 10.6. The van der Waals surface area contributed by atoms with E-state index >= 15 is 0 Å². The predicted molar refractivity (Wildman–Crippen MR) is 63.7 cm³/mol. The lowest BCUT2D eigenvalue weighted by atomic mass is 9.99. The molecule has 88 valence electrons. The van der Waals surface area contributed by atoms with E-state index < -0.39 is 6.29 Å². The van der Waals surface area contributed by atoms with E-state index in [0.717, 1.165) is 11.1 Å². The van der Waals surface area contributed by atoms with Gasteiger partial charge in [0.25, 0.3) is 0 Å². The molecule has 3 nitrogen and oxygen atoms in total. The van der Waals surface area contributed by atoms with E-state index in [9.17, 15) is 4.79 Å². The first-order valence-electron chi connectivity index (χ1n) is 5.50. The van der Waals surface area contributed by atoms with Crippen LogP contribution in [0.1, 0.15) is 12.0 Å². The Morgan fingerprint density at radius 1 is 1.29 bits per heavy atom. The molecule has 2 aliphatic heterocycles. The summed E-state index contributed by atoms with van der Waals surface area (Å²) in [5, 5.41) is 0.689. The minimum absolute atomic E-state index is 0.0243. The smallest absolute Gasteiger partial charge is 0.222 e. The second kappa shape index (κ2) is 4.26. The average molecular weight is 251 g/mol. The van der Waals surface area contributed by atoms with Crippen molar-refractivity contribution in [2.24, 2.45) is 0 Å². The number of fused-ring (bicyclic) bond motifs is 2. The van der Waals surface area contributed by atoms with Crippen molar-refractivity contribution in [1.82, 2.24) is 0 Å². The van der Waals surface area contributed by atoms with Gasteiger partial charge >= 0.3 is 0 Å². The van der Waals surface area contributed by atoms with Crippen molar-refractivity contribution >= 4 is 23.5 Å². The van der Waals surface area contributed by atoms with Crippen molar-refractivity contribution in [2.75, 3.05) is 6.61 Å². The van der Waals surface area contributed by atoms with Crippen molar-refractivity contribution in [3.8, 4) is 0 Å². The van der Waals surface area contributed by atoms with E-state index in [1.165, 1.54) is 0 Å². The standard InChI is InChI=1S/C13H11ClO3/c14-10-3-1-8(2-4-10)5-9-6-11-7-16-13(17-11)12(9)15/h1-5,11,13H,6-7H2/b9-5+/t11-,13+/m0/s1. The summed E-state index contributed by atoms with van der Waals surface area (Å²) in [4.78, 5) is 11.9. The number of ether oxygens (including phenoxy) is 2. The quantitative estimate of drug-likeness (QED) is 0.718.